The maximum Gasteiger partial charge on any atom is 0.326 e. The van der Waals surface area contributed by atoms with E-state index in [0.29, 0.717) is 12.3 Å². The Kier molecular flexibility index (Phi) is 2.07. The maximum absolute atomic E-state index is 11.8. The molecule has 0 radical (unpaired) electrons. The first-order valence-electron chi connectivity index (χ1n) is 5.30. The van der Waals surface area contributed by atoms with Crippen molar-refractivity contribution in [3.05, 3.63) is 0 Å². The summed E-state index contributed by atoms with van der Waals surface area (Å²) in [5.74, 6) is -1.53. The van der Waals surface area contributed by atoms with Crippen LogP contribution >= 0.6 is 0 Å². The van der Waals surface area contributed by atoms with Crippen LogP contribution in [0, 0.1) is 11.3 Å². The van der Waals surface area contributed by atoms with Crippen LogP contribution in [0.4, 0.5) is 0 Å². The average Bonchev–Trinajstić information content (AvgIpc) is 2.83. The molecule has 0 amide bonds. The molecule has 0 unspecified atom stereocenters. The molecule has 1 saturated heterocycles. The lowest BCUT2D eigenvalue weighted by Crippen LogP contribution is -2.52. The van der Waals surface area contributed by atoms with Gasteiger partial charge in [0, 0.05) is 13.8 Å². The summed E-state index contributed by atoms with van der Waals surface area (Å²) in [6, 6.07) is 0. The molecule has 84 valence electrons. The van der Waals surface area contributed by atoms with E-state index in [-0.39, 0.29) is 0 Å². The first-order chi connectivity index (χ1) is 6.83. The maximum atomic E-state index is 11.8. The highest BCUT2D eigenvalue weighted by molar-refractivity contribution is 6.01. The molecule has 0 spiro atoms. The normalized spacial score (nSPS) is 28.2. The minimum Gasteiger partial charge on any atom is -0.422 e. The highest BCUT2D eigenvalue weighted by atomic mass is 16.7. The Bertz CT molecular complexity index is 295. The van der Waals surface area contributed by atoms with Gasteiger partial charge in [0.1, 0.15) is 0 Å². The van der Waals surface area contributed by atoms with E-state index >= 15 is 0 Å². The number of carbonyl (C=O) groups excluding carboxylic acids is 2. The zero-order valence-electron chi connectivity index (χ0n) is 9.33. The van der Waals surface area contributed by atoms with Gasteiger partial charge in [0.25, 0.3) is 5.79 Å². The summed E-state index contributed by atoms with van der Waals surface area (Å²) < 4.78 is 10.2. The summed E-state index contributed by atoms with van der Waals surface area (Å²) in [5, 5.41) is 0. The summed E-state index contributed by atoms with van der Waals surface area (Å²) in [4.78, 5) is 23.6. The second-order valence-corrected chi connectivity index (χ2v) is 5.16. The van der Waals surface area contributed by atoms with Crippen molar-refractivity contribution in [3.8, 4) is 0 Å². The molecular formula is C11H16O4. The molecule has 1 saturated carbocycles. The van der Waals surface area contributed by atoms with Crippen LogP contribution in [0.3, 0.4) is 0 Å². The Morgan fingerprint density at radius 3 is 2.00 bits per heavy atom. The van der Waals surface area contributed by atoms with Crippen molar-refractivity contribution in [2.75, 3.05) is 0 Å². The van der Waals surface area contributed by atoms with Gasteiger partial charge in [-0.1, -0.05) is 12.8 Å². The molecule has 0 aromatic carbocycles. The monoisotopic (exact) mass is 212 g/mol. The molecule has 15 heavy (non-hydrogen) atoms. The second-order valence-electron chi connectivity index (χ2n) is 5.16. The Balaban J connectivity index is 2.17. The fourth-order valence-electron chi connectivity index (χ4n) is 1.84. The fraction of sp³-hybridized carbons (Fsp3) is 0.818. The molecule has 1 heterocycles. The minimum atomic E-state index is -1.11. The van der Waals surface area contributed by atoms with Crippen molar-refractivity contribution in [2.45, 2.75) is 45.8 Å². The molecule has 1 aliphatic heterocycles. The minimum absolute atomic E-state index is 0.448. The second kappa shape index (κ2) is 2.97. The van der Waals surface area contributed by atoms with Crippen LogP contribution in [0.25, 0.3) is 0 Å². The molecule has 2 fully saturated rings. The number of carbonyl (C=O) groups is 2. The Morgan fingerprint density at radius 2 is 1.60 bits per heavy atom. The Morgan fingerprint density at radius 1 is 1.13 bits per heavy atom. The lowest BCUT2D eigenvalue weighted by atomic mass is 9.84. The number of hydrogen-bond acceptors (Lipinski definition) is 4. The van der Waals surface area contributed by atoms with Gasteiger partial charge in [0.15, 0.2) is 5.41 Å². The van der Waals surface area contributed by atoms with Crippen molar-refractivity contribution >= 4 is 11.9 Å². The van der Waals surface area contributed by atoms with Crippen molar-refractivity contribution in [1.29, 1.82) is 0 Å². The van der Waals surface area contributed by atoms with E-state index in [2.05, 4.69) is 0 Å². The Hall–Kier alpha value is -1.06. The van der Waals surface area contributed by atoms with Crippen LogP contribution in [0.1, 0.15) is 40.0 Å². The van der Waals surface area contributed by atoms with Crippen LogP contribution in [-0.2, 0) is 19.1 Å². The predicted octanol–water partition coefficient (Wildman–Crippen LogP) is 1.63. The van der Waals surface area contributed by atoms with Crippen molar-refractivity contribution in [2.24, 2.45) is 11.3 Å². The smallest absolute Gasteiger partial charge is 0.326 e. The molecule has 2 aliphatic rings. The van der Waals surface area contributed by atoms with E-state index in [4.69, 9.17) is 9.47 Å². The van der Waals surface area contributed by atoms with Gasteiger partial charge in [-0.2, -0.15) is 0 Å². The van der Waals surface area contributed by atoms with E-state index in [1.807, 2.05) is 0 Å². The van der Waals surface area contributed by atoms with Gasteiger partial charge in [-0.3, -0.25) is 9.59 Å². The zero-order valence-corrected chi connectivity index (χ0v) is 9.33. The van der Waals surface area contributed by atoms with E-state index in [0.717, 1.165) is 12.8 Å². The standard InChI is InChI=1S/C11H16O4/c1-10(2)14-8(12)11(3,9(13)15-10)6-7-4-5-7/h7H,4-6H2,1-3H3. The molecule has 0 aromatic heterocycles. The highest BCUT2D eigenvalue weighted by Crippen LogP contribution is 2.44. The van der Waals surface area contributed by atoms with Crippen LogP contribution in [0.2, 0.25) is 0 Å². The van der Waals surface area contributed by atoms with Crippen LogP contribution in [0.5, 0.6) is 0 Å². The highest BCUT2D eigenvalue weighted by Gasteiger charge is 2.54. The summed E-state index contributed by atoms with van der Waals surface area (Å²) in [6.45, 7) is 4.75. The van der Waals surface area contributed by atoms with E-state index in [1.54, 1.807) is 20.8 Å². The molecule has 0 atom stereocenters. The topological polar surface area (TPSA) is 52.6 Å². The summed E-state index contributed by atoms with van der Waals surface area (Å²) >= 11 is 0. The molecule has 1 aliphatic carbocycles. The van der Waals surface area contributed by atoms with E-state index in [1.165, 1.54) is 0 Å². The average molecular weight is 212 g/mol. The first kappa shape index (κ1) is 10.5. The van der Waals surface area contributed by atoms with E-state index < -0.39 is 23.1 Å². The SMILES string of the molecule is CC1(C)OC(=O)C(C)(CC2CC2)C(=O)O1. The van der Waals surface area contributed by atoms with Gasteiger partial charge in [0.05, 0.1) is 0 Å². The predicted molar refractivity (Wildman–Crippen MR) is 51.7 cm³/mol. The van der Waals surface area contributed by atoms with Gasteiger partial charge in [-0.25, -0.2) is 0 Å². The fourth-order valence-corrected chi connectivity index (χ4v) is 1.84. The van der Waals surface area contributed by atoms with Gasteiger partial charge in [-0.15, -0.1) is 0 Å². The van der Waals surface area contributed by atoms with Crippen molar-refractivity contribution in [3.63, 3.8) is 0 Å². The lowest BCUT2D eigenvalue weighted by molar-refractivity contribution is -0.250. The lowest BCUT2D eigenvalue weighted by Gasteiger charge is -2.38. The molecule has 2 rings (SSSR count). The van der Waals surface area contributed by atoms with Gasteiger partial charge in [0.2, 0.25) is 0 Å². The quantitative estimate of drug-likeness (QED) is 0.515. The van der Waals surface area contributed by atoms with Crippen LogP contribution < -0.4 is 0 Å². The molecule has 4 heteroatoms. The van der Waals surface area contributed by atoms with Gasteiger partial charge >= 0.3 is 11.9 Å². The Labute approximate surface area is 88.9 Å². The van der Waals surface area contributed by atoms with Gasteiger partial charge in [-0.05, 0) is 19.3 Å². The number of rotatable bonds is 2. The number of esters is 2. The molecule has 4 nitrogen and oxygen atoms in total. The van der Waals surface area contributed by atoms with Gasteiger partial charge < -0.3 is 9.47 Å². The molecule has 0 N–H and O–H groups in total. The van der Waals surface area contributed by atoms with Crippen molar-refractivity contribution < 1.29 is 19.1 Å². The van der Waals surface area contributed by atoms with E-state index in [9.17, 15) is 9.59 Å². The van der Waals surface area contributed by atoms with Crippen LogP contribution in [-0.4, -0.2) is 17.7 Å². The summed E-state index contributed by atoms with van der Waals surface area (Å²) in [7, 11) is 0. The first-order valence-corrected chi connectivity index (χ1v) is 5.30. The number of cyclic esters (lactones) is 2. The third-order valence-corrected chi connectivity index (χ3v) is 2.97. The number of hydrogen-bond donors (Lipinski definition) is 0. The summed E-state index contributed by atoms with van der Waals surface area (Å²) in [5.41, 5.74) is -1.09. The largest absolute Gasteiger partial charge is 0.422 e. The molecule has 0 bridgehead atoms. The molecule has 0 aromatic rings. The van der Waals surface area contributed by atoms with Crippen molar-refractivity contribution in [1.82, 2.24) is 0 Å². The molecular weight excluding hydrogens is 196 g/mol. The summed E-state index contributed by atoms with van der Waals surface area (Å²) in [6.07, 6.45) is 2.75. The number of ether oxygens (including phenoxy) is 2. The third-order valence-electron chi connectivity index (χ3n) is 2.97. The van der Waals surface area contributed by atoms with Crippen LogP contribution in [0.15, 0.2) is 0 Å². The zero-order chi connectivity index (χ0) is 11.3. The third kappa shape index (κ3) is 1.85.